The molecule has 1 rings (SSSR count). The van der Waals surface area contributed by atoms with E-state index in [2.05, 4.69) is 16.8 Å². The first kappa shape index (κ1) is 11.9. The van der Waals surface area contributed by atoms with Crippen molar-refractivity contribution in [3.63, 3.8) is 0 Å². The molecule has 0 aliphatic carbocycles. The molecule has 1 aliphatic heterocycles. The molecule has 1 saturated heterocycles. The van der Waals surface area contributed by atoms with E-state index in [9.17, 15) is 0 Å². The molecule has 4 heteroatoms. The van der Waals surface area contributed by atoms with Crippen molar-refractivity contribution >= 4 is 0 Å². The molecular formula is C10H22N2O2. The van der Waals surface area contributed by atoms with Gasteiger partial charge in [-0.25, -0.2) is 0 Å². The number of ether oxygens (including phenoxy) is 1. The zero-order valence-electron chi connectivity index (χ0n) is 9.11. The van der Waals surface area contributed by atoms with E-state index in [1.54, 1.807) is 0 Å². The average Bonchev–Trinajstić information content (AvgIpc) is 2.21. The molecule has 0 radical (unpaired) electrons. The first-order valence-electron chi connectivity index (χ1n) is 5.42. The highest BCUT2D eigenvalue weighted by molar-refractivity contribution is 4.68. The summed E-state index contributed by atoms with van der Waals surface area (Å²) in [6.07, 6.45) is 0.753. The SMILES string of the molecule is CN1CCN(CCOCCCO)CC1. The van der Waals surface area contributed by atoms with Crippen LogP contribution < -0.4 is 0 Å². The summed E-state index contributed by atoms with van der Waals surface area (Å²) >= 11 is 0. The maximum absolute atomic E-state index is 8.55. The Morgan fingerprint density at radius 1 is 1.14 bits per heavy atom. The van der Waals surface area contributed by atoms with Crippen molar-refractivity contribution in [2.75, 3.05) is 59.6 Å². The highest BCUT2D eigenvalue weighted by Crippen LogP contribution is 1.98. The van der Waals surface area contributed by atoms with Gasteiger partial charge in [0.15, 0.2) is 0 Å². The van der Waals surface area contributed by atoms with E-state index in [-0.39, 0.29) is 6.61 Å². The van der Waals surface area contributed by atoms with E-state index in [1.165, 1.54) is 0 Å². The van der Waals surface area contributed by atoms with Crippen molar-refractivity contribution in [3.8, 4) is 0 Å². The molecule has 0 aromatic rings. The van der Waals surface area contributed by atoms with Gasteiger partial charge in [0.25, 0.3) is 0 Å². The van der Waals surface area contributed by atoms with Gasteiger partial charge in [-0.15, -0.1) is 0 Å². The van der Waals surface area contributed by atoms with Crippen LogP contribution in [-0.2, 0) is 4.74 Å². The van der Waals surface area contributed by atoms with Crippen LogP contribution in [0.3, 0.4) is 0 Å². The molecule has 0 bridgehead atoms. The molecule has 1 fully saturated rings. The second-order valence-electron chi connectivity index (χ2n) is 3.83. The fourth-order valence-corrected chi connectivity index (χ4v) is 1.53. The van der Waals surface area contributed by atoms with Gasteiger partial charge in [0.2, 0.25) is 0 Å². The van der Waals surface area contributed by atoms with Gasteiger partial charge in [-0.1, -0.05) is 0 Å². The summed E-state index contributed by atoms with van der Waals surface area (Å²) in [5, 5.41) is 8.55. The zero-order valence-corrected chi connectivity index (χ0v) is 9.11. The van der Waals surface area contributed by atoms with Crippen LogP contribution in [0, 0.1) is 0 Å². The Labute approximate surface area is 86.4 Å². The monoisotopic (exact) mass is 202 g/mol. The van der Waals surface area contributed by atoms with Gasteiger partial charge in [-0.2, -0.15) is 0 Å². The lowest BCUT2D eigenvalue weighted by atomic mass is 10.3. The minimum Gasteiger partial charge on any atom is -0.396 e. The lowest BCUT2D eigenvalue weighted by Gasteiger charge is -2.32. The highest BCUT2D eigenvalue weighted by atomic mass is 16.5. The number of aliphatic hydroxyl groups is 1. The van der Waals surface area contributed by atoms with Gasteiger partial charge < -0.3 is 14.7 Å². The van der Waals surface area contributed by atoms with Crippen LogP contribution >= 0.6 is 0 Å². The summed E-state index contributed by atoms with van der Waals surface area (Å²) in [5.41, 5.74) is 0. The van der Waals surface area contributed by atoms with E-state index < -0.39 is 0 Å². The Hall–Kier alpha value is -0.160. The van der Waals surface area contributed by atoms with Gasteiger partial charge in [0, 0.05) is 45.9 Å². The maximum Gasteiger partial charge on any atom is 0.0593 e. The molecule has 0 aromatic carbocycles. The second-order valence-corrected chi connectivity index (χ2v) is 3.83. The van der Waals surface area contributed by atoms with Crippen molar-refractivity contribution in [1.29, 1.82) is 0 Å². The van der Waals surface area contributed by atoms with Crippen LogP contribution in [0.25, 0.3) is 0 Å². The minimum atomic E-state index is 0.231. The van der Waals surface area contributed by atoms with Crippen molar-refractivity contribution in [2.24, 2.45) is 0 Å². The van der Waals surface area contributed by atoms with E-state index in [0.717, 1.165) is 45.8 Å². The van der Waals surface area contributed by atoms with E-state index in [0.29, 0.717) is 6.61 Å². The van der Waals surface area contributed by atoms with Crippen molar-refractivity contribution in [1.82, 2.24) is 9.80 Å². The summed E-state index contributed by atoms with van der Waals surface area (Å²) in [6, 6.07) is 0. The number of hydrogen-bond donors (Lipinski definition) is 1. The normalized spacial score (nSPS) is 20.1. The fraction of sp³-hybridized carbons (Fsp3) is 1.00. The van der Waals surface area contributed by atoms with Crippen LogP contribution in [-0.4, -0.2) is 74.5 Å². The third-order valence-corrected chi connectivity index (χ3v) is 2.59. The van der Waals surface area contributed by atoms with Gasteiger partial charge in [0.05, 0.1) is 6.61 Å². The van der Waals surface area contributed by atoms with Gasteiger partial charge >= 0.3 is 0 Å². The van der Waals surface area contributed by atoms with E-state index in [4.69, 9.17) is 9.84 Å². The average molecular weight is 202 g/mol. The third-order valence-electron chi connectivity index (χ3n) is 2.59. The molecule has 0 saturated carbocycles. The largest absolute Gasteiger partial charge is 0.396 e. The molecule has 0 aromatic heterocycles. The molecule has 1 aliphatic rings. The molecule has 0 unspecified atom stereocenters. The fourth-order valence-electron chi connectivity index (χ4n) is 1.53. The van der Waals surface area contributed by atoms with Crippen molar-refractivity contribution in [2.45, 2.75) is 6.42 Å². The molecular weight excluding hydrogens is 180 g/mol. The summed E-state index contributed by atoms with van der Waals surface area (Å²) in [6.45, 7) is 7.37. The lowest BCUT2D eigenvalue weighted by molar-refractivity contribution is 0.0744. The number of hydrogen-bond acceptors (Lipinski definition) is 4. The third kappa shape index (κ3) is 4.91. The quantitative estimate of drug-likeness (QED) is 0.596. The van der Waals surface area contributed by atoms with Crippen LogP contribution in [0.1, 0.15) is 6.42 Å². The van der Waals surface area contributed by atoms with Crippen LogP contribution in [0.2, 0.25) is 0 Å². The summed E-state index contributed by atoms with van der Waals surface area (Å²) in [5.74, 6) is 0. The molecule has 14 heavy (non-hydrogen) atoms. The molecule has 4 nitrogen and oxygen atoms in total. The van der Waals surface area contributed by atoms with Gasteiger partial charge in [-0.3, -0.25) is 4.90 Å². The standard InChI is InChI=1S/C10H22N2O2/c1-11-3-5-12(6-4-11)7-10-14-9-2-8-13/h13H,2-10H2,1H3. The van der Waals surface area contributed by atoms with E-state index >= 15 is 0 Å². The van der Waals surface area contributed by atoms with E-state index in [1.807, 2.05) is 0 Å². The first-order valence-corrected chi connectivity index (χ1v) is 5.42. The van der Waals surface area contributed by atoms with Gasteiger partial charge in [0.1, 0.15) is 0 Å². The molecule has 0 spiro atoms. The summed E-state index contributed by atoms with van der Waals surface area (Å²) < 4.78 is 5.39. The highest BCUT2D eigenvalue weighted by Gasteiger charge is 2.12. The number of likely N-dealkylation sites (N-methyl/N-ethyl adjacent to an activating group) is 1. The Balaban J connectivity index is 1.91. The number of piperazine rings is 1. The number of aliphatic hydroxyl groups excluding tert-OH is 1. The second kappa shape index (κ2) is 7.17. The van der Waals surface area contributed by atoms with Gasteiger partial charge in [-0.05, 0) is 13.5 Å². The molecule has 1 N–H and O–H groups in total. The Morgan fingerprint density at radius 2 is 1.86 bits per heavy atom. The van der Waals surface area contributed by atoms with Crippen LogP contribution in [0.5, 0.6) is 0 Å². The Morgan fingerprint density at radius 3 is 2.50 bits per heavy atom. The first-order chi connectivity index (χ1) is 6.83. The predicted molar refractivity (Wildman–Crippen MR) is 56.5 cm³/mol. The van der Waals surface area contributed by atoms with Crippen LogP contribution in [0.15, 0.2) is 0 Å². The minimum absolute atomic E-state index is 0.231. The lowest BCUT2D eigenvalue weighted by Crippen LogP contribution is -2.45. The molecule has 84 valence electrons. The summed E-state index contributed by atoms with van der Waals surface area (Å²) in [4.78, 5) is 4.78. The topological polar surface area (TPSA) is 35.9 Å². The van der Waals surface area contributed by atoms with Crippen LogP contribution in [0.4, 0.5) is 0 Å². The van der Waals surface area contributed by atoms with Crippen molar-refractivity contribution in [3.05, 3.63) is 0 Å². The Kier molecular flexibility index (Phi) is 6.10. The predicted octanol–water partition coefficient (Wildman–Crippen LogP) is -0.367. The molecule has 0 amide bonds. The maximum atomic E-state index is 8.55. The van der Waals surface area contributed by atoms with Crippen molar-refractivity contribution < 1.29 is 9.84 Å². The smallest absolute Gasteiger partial charge is 0.0593 e. The Bertz CT molecular complexity index is 136. The number of rotatable bonds is 6. The molecule has 1 heterocycles. The molecule has 0 atom stereocenters. The summed E-state index contributed by atoms with van der Waals surface area (Å²) in [7, 11) is 2.16. The number of nitrogens with zero attached hydrogens (tertiary/aromatic N) is 2. The zero-order chi connectivity index (χ0) is 10.2.